The first kappa shape index (κ1) is 20.0. The lowest BCUT2D eigenvalue weighted by atomic mass is 10.0. The number of carbonyl (C=O) groups is 2. The first-order valence-corrected chi connectivity index (χ1v) is 11.7. The SMILES string of the molecule is CN(C)C(=O)c1nc(-c2ccccc2)n2c1CC1CCC(C2)N1C(=O)Cc1ccsc1. The standard InChI is InChI=1S/C24H26N4O2S/c1-26(2)24(30)22-20-13-18-8-9-19(28(18)21(29)12-16-10-11-31-15-16)14-27(20)23(25-22)17-6-4-3-5-7-17/h3-7,10-11,15,18-19H,8-9,12-14H2,1-2H3. The quantitative estimate of drug-likeness (QED) is 0.632. The molecule has 2 aromatic heterocycles. The third-order valence-electron chi connectivity index (χ3n) is 6.38. The Kier molecular flexibility index (Phi) is 5.14. The fourth-order valence-corrected chi connectivity index (χ4v) is 5.59. The average molecular weight is 435 g/mol. The van der Waals surface area contributed by atoms with Gasteiger partial charge < -0.3 is 14.4 Å². The van der Waals surface area contributed by atoms with Crippen molar-refractivity contribution in [3.63, 3.8) is 0 Å². The molecule has 0 spiro atoms. The molecule has 2 bridgehead atoms. The number of aromatic nitrogens is 2. The highest BCUT2D eigenvalue weighted by molar-refractivity contribution is 7.08. The van der Waals surface area contributed by atoms with Crippen LogP contribution in [0.3, 0.4) is 0 Å². The van der Waals surface area contributed by atoms with Gasteiger partial charge in [0, 0.05) is 38.7 Å². The lowest BCUT2D eigenvalue weighted by Gasteiger charge is -2.28. The Morgan fingerprint density at radius 1 is 1.13 bits per heavy atom. The molecule has 160 valence electrons. The van der Waals surface area contributed by atoms with Crippen LogP contribution in [0.5, 0.6) is 0 Å². The number of fused-ring (bicyclic) bond motifs is 3. The van der Waals surface area contributed by atoms with E-state index in [0.717, 1.165) is 35.5 Å². The maximum atomic E-state index is 13.3. The smallest absolute Gasteiger partial charge is 0.273 e. The molecule has 2 aliphatic heterocycles. The van der Waals surface area contributed by atoms with Crippen LogP contribution in [0.25, 0.3) is 11.4 Å². The minimum absolute atomic E-state index is 0.0835. The van der Waals surface area contributed by atoms with Crippen molar-refractivity contribution >= 4 is 23.2 Å². The van der Waals surface area contributed by atoms with Gasteiger partial charge in [0.25, 0.3) is 5.91 Å². The normalized spacial score (nSPS) is 19.7. The van der Waals surface area contributed by atoms with Crippen LogP contribution in [0.2, 0.25) is 0 Å². The summed E-state index contributed by atoms with van der Waals surface area (Å²) in [4.78, 5) is 34.7. The minimum Gasteiger partial charge on any atom is -0.343 e. The van der Waals surface area contributed by atoms with Gasteiger partial charge in [-0.2, -0.15) is 11.3 Å². The Labute approximate surface area is 186 Å². The maximum Gasteiger partial charge on any atom is 0.273 e. The average Bonchev–Trinajstić information content (AvgIpc) is 3.46. The molecule has 2 atom stereocenters. The van der Waals surface area contributed by atoms with Gasteiger partial charge in [0.1, 0.15) is 11.5 Å². The highest BCUT2D eigenvalue weighted by atomic mass is 32.1. The van der Waals surface area contributed by atoms with E-state index in [1.165, 1.54) is 0 Å². The van der Waals surface area contributed by atoms with Crippen molar-refractivity contribution in [1.82, 2.24) is 19.4 Å². The van der Waals surface area contributed by atoms with Crippen molar-refractivity contribution in [2.24, 2.45) is 0 Å². The van der Waals surface area contributed by atoms with Crippen LogP contribution in [-0.4, -0.2) is 57.3 Å². The molecule has 1 aromatic carbocycles. The van der Waals surface area contributed by atoms with Crippen molar-refractivity contribution in [3.8, 4) is 11.4 Å². The number of hydrogen-bond acceptors (Lipinski definition) is 4. The number of carbonyl (C=O) groups excluding carboxylic acids is 2. The summed E-state index contributed by atoms with van der Waals surface area (Å²) >= 11 is 1.62. The summed E-state index contributed by atoms with van der Waals surface area (Å²) in [6, 6.07) is 12.3. The van der Waals surface area contributed by atoms with Crippen LogP contribution >= 0.6 is 11.3 Å². The van der Waals surface area contributed by atoms with Crippen molar-refractivity contribution in [1.29, 1.82) is 0 Å². The first-order chi connectivity index (χ1) is 15.0. The van der Waals surface area contributed by atoms with Crippen molar-refractivity contribution in [3.05, 3.63) is 64.1 Å². The number of nitrogens with zero attached hydrogens (tertiary/aromatic N) is 4. The van der Waals surface area contributed by atoms with Gasteiger partial charge in [0.2, 0.25) is 5.91 Å². The zero-order valence-corrected chi connectivity index (χ0v) is 18.6. The Morgan fingerprint density at radius 2 is 1.90 bits per heavy atom. The van der Waals surface area contributed by atoms with E-state index in [1.54, 1.807) is 30.3 Å². The highest BCUT2D eigenvalue weighted by Crippen LogP contribution is 2.36. The minimum atomic E-state index is -0.0835. The molecule has 0 aliphatic carbocycles. The van der Waals surface area contributed by atoms with E-state index in [9.17, 15) is 9.59 Å². The summed E-state index contributed by atoms with van der Waals surface area (Å²) in [5.41, 5.74) is 3.54. The van der Waals surface area contributed by atoms with E-state index < -0.39 is 0 Å². The van der Waals surface area contributed by atoms with Crippen LogP contribution in [0.15, 0.2) is 47.2 Å². The molecule has 5 rings (SSSR count). The molecule has 31 heavy (non-hydrogen) atoms. The van der Waals surface area contributed by atoms with E-state index in [0.29, 0.717) is 25.1 Å². The summed E-state index contributed by atoms with van der Waals surface area (Å²) in [6.45, 7) is 0.680. The molecule has 0 radical (unpaired) electrons. The fourth-order valence-electron chi connectivity index (χ4n) is 4.92. The molecule has 2 amide bonds. The van der Waals surface area contributed by atoms with Crippen molar-refractivity contribution in [2.75, 3.05) is 14.1 Å². The second-order valence-corrected chi connectivity index (χ2v) is 9.39. The molecular formula is C24H26N4O2S. The number of amides is 2. The number of rotatable bonds is 4. The van der Waals surface area contributed by atoms with Gasteiger partial charge in [0.05, 0.1) is 18.2 Å². The molecule has 0 saturated carbocycles. The van der Waals surface area contributed by atoms with E-state index in [-0.39, 0.29) is 23.9 Å². The topological polar surface area (TPSA) is 58.4 Å². The van der Waals surface area contributed by atoms with E-state index in [2.05, 4.69) is 9.47 Å². The van der Waals surface area contributed by atoms with Crippen LogP contribution in [0, 0.1) is 0 Å². The summed E-state index contributed by atoms with van der Waals surface area (Å²) in [7, 11) is 3.52. The van der Waals surface area contributed by atoms with Crippen LogP contribution in [0.4, 0.5) is 0 Å². The molecule has 1 saturated heterocycles. The predicted octanol–water partition coefficient (Wildman–Crippen LogP) is 3.47. The van der Waals surface area contributed by atoms with Gasteiger partial charge >= 0.3 is 0 Å². The lowest BCUT2D eigenvalue weighted by Crippen LogP contribution is -2.43. The zero-order chi connectivity index (χ0) is 21.5. The van der Waals surface area contributed by atoms with E-state index >= 15 is 0 Å². The van der Waals surface area contributed by atoms with Crippen LogP contribution in [0.1, 0.15) is 34.6 Å². The van der Waals surface area contributed by atoms with Gasteiger partial charge in [-0.05, 0) is 35.2 Å². The van der Waals surface area contributed by atoms with Gasteiger partial charge in [-0.3, -0.25) is 9.59 Å². The predicted molar refractivity (Wildman–Crippen MR) is 121 cm³/mol. The van der Waals surface area contributed by atoms with E-state index in [1.807, 2.05) is 47.2 Å². The molecule has 0 N–H and O–H groups in total. The summed E-state index contributed by atoms with van der Waals surface area (Å²) in [5, 5.41) is 4.06. The van der Waals surface area contributed by atoms with Gasteiger partial charge in [-0.25, -0.2) is 4.98 Å². The Hall–Kier alpha value is -2.93. The lowest BCUT2D eigenvalue weighted by molar-refractivity contribution is -0.133. The number of imidazole rings is 1. The molecule has 2 unspecified atom stereocenters. The second-order valence-electron chi connectivity index (χ2n) is 8.61. The Bertz CT molecular complexity index is 1100. The number of benzene rings is 1. The molecule has 7 heteroatoms. The van der Waals surface area contributed by atoms with Crippen LogP contribution < -0.4 is 0 Å². The highest BCUT2D eigenvalue weighted by Gasteiger charge is 2.42. The summed E-state index contributed by atoms with van der Waals surface area (Å²) < 4.78 is 2.20. The monoisotopic (exact) mass is 434 g/mol. The van der Waals surface area contributed by atoms with Crippen molar-refractivity contribution < 1.29 is 9.59 Å². The molecule has 4 heterocycles. The molecule has 1 fully saturated rings. The number of thiophene rings is 1. The Balaban J connectivity index is 1.54. The molecular weight excluding hydrogens is 408 g/mol. The Morgan fingerprint density at radius 3 is 2.61 bits per heavy atom. The number of hydrogen-bond donors (Lipinski definition) is 0. The maximum absolute atomic E-state index is 13.3. The molecule has 6 nitrogen and oxygen atoms in total. The van der Waals surface area contributed by atoms with E-state index in [4.69, 9.17) is 4.98 Å². The fraction of sp³-hybridized carbons (Fsp3) is 0.375. The van der Waals surface area contributed by atoms with Gasteiger partial charge in [-0.15, -0.1) is 0 Å². The third-order valence-corrected chi connectivity index (χ3v) is 7.11. The van der Waals surface area contributed by atoms with Gasteiger partial charge in [0.15, 0.2) is 0 Å². The summed E-state index contributed by atoms with van der Waals surface area (Å²) in [5.74, 6) is 0.921. The third kappa shape index (κ3) is 3.57. The van der Waals surface area contributed by atoms with Crippen molar-refractivity contribution in [2.45, 2.75) is 44.3 Å². The molecule has 2 aliphatic rings. The molecule has 3 aromatic rings. The first-order valence-electron chi connectivity index (χ1n) is 10.7. The largest absolute Gasteiger partial charge is 0.343 e. The van der Waals surface area contributed by atoms with Gasteiger partial charge in [-0.1, -0.05) is 30.3 Å². The zero-order valence-electron chi connectivity index (χ0n) is 17.8. The second kappa shape index (κ2) is 7.96. The van der Waals surface area contributed by atoms with Crippen LogP contribution in [-0.2, 0) is 24.2 Å². The summed E-state index contributed by atoms with van der Waals surface area (Å²) in [6.07, 6.45) is 3.07.